The summed E-state index contributed by atoms with van der Waals surface area (Å²) in [6, 6.07) is 7.63. The Balaban J connectivity index is 2.11. The third-order valence-corrected chi connectivity index (χ3v) is 3.62. The summed E-state index contributed by atoms with van der Waals surface area (Å²) in [6.45, 7) is 2.99. The van der Waals surface area contributed by atoms with Crippen molar-refractivity contribution in [2.45, 2.75) is 51.9 Å². The Morgan fingerprint density at radius 3 is 2.32 bits per heavy atom. The van der Waals surface area contributed by atoms with Crippen molar-refractivity contribution in [1.29, 1.82) is 0 Å². The zero-order chi connectivity index (χ0) is 16.0. The van der Waals surface area contributed by atoms with Crippen molar-refractivity contribution in [1.82, 2.24) is 5.32 Å². The van der Waals surface area contributed by atoms with Gasteiger partial charge in [-0.05, 0) is 30.2 Å². The molecule has 0 fully saturated rings. The van der Waals surface area contributed by atoms with E-state index in [-0.39, 0.29) is 5.91 Å². The van der Waals surface area contributed by atoms with E-state index < -0.39 is 0 Å². The number of methoxy groups -OCH3 is 1. The number of hydrogen-bond donors (Lipinski definition) is 1. The number of carbonyl (C=O) groups excluding carboxylic acids is 1. The molecule has 122 valence electrons. The molecule has 0 aliphatic rings. The van der Waals surface area contributed by atoms with Crippen LogP contribution >= 0.6 is 0 Å². The molecule has 0 radical (unpaired) electrons. The Hall–Kier alpha value is -1.77. The molecule has 1 amide bonds. The molecule has 0 bridgehead atoms. The lowest BCUT2D eigenvalue weighted by Crippen LogP contribution is -2.21. The zero-order valence-electron chi connectivity index (χ0n) is 13.9. The van der Waals surface area contributed by atoms with Crippen LogP contribution in [0, 0.1) is 0 Å². The van der Waals surface area contributed by atoms with E-state index in [1.165, 1.54) is 38.5 Å². The summed E-state index contributed by atoms with van der Waals surface area (Å²) < 4.78 is 5.10. The molecule has 1 N–H and O–H groups in total. The normalized spacial score (nSPS) is 10.8. The number of unbranched alkanes of at least 4 members (excludes halogenated alkanes) is 6. The predicted octanol–water partition coefficient (Wildman–Crippen LogP) is 4.58. The topological polar surface area (TPSA) is 38.3 Å². The van der Waals surface area contributed by atoms with Crippen molar-refractivity contribution in [3.63, 3.8) is 0 Å². The Morgan fingerprint density at radius 1 is 1.05 bits per heavy atom. The smallest absolute Gasteiger partial charge is 0.243 e. The maximum Gasteiger partial charge on any atom is 0.243 e. The van der Waals surface area contributed by atoms with Gasteiger partial charge in [0, 0.05) is 12.6 Å². The number of ether oxygens (including phenoxy) is 1. The number of amides is 1. The van der Waals surface area contributed by atoms with Gasteiger partial charge >= 0.3 is 0 Å². The number of hydrogen-bond acceptors (Lipinski definition) is 2. The van der Waals surface area contributed by atoms with Crippen LogP contribution in [0.3, 0.4) is 0 Å². The number of rotatable bonds is 11. The first-order valence-electron chi connectivity index (χ1n) is 8.36. The fourth-order valence-electron chi connectivity index (χ4n) is 2.24. The molecule has 1 aromatic rings. The van der Waals surface area contributed by atoms with Gasteiger partial charge in [-0.15, -0.1) is 0 Å². The minimum Gasteiger partial charge on any atom is -0.497 e. The van der Waals surface area contributed by atoms with Crippen molar-refractivity contribution in [2.75, 3.05) is 13.7 Å². The highest BCUT2D eigenvalue weighted by Crippen LogP contribution is 2.12. The van der Waals surface area contributed by atoms with Gasteiger partial charge in [-0.3, -0.25) is 4.79 Å². The van der Waals surface area contributed by atoms with Gasteiger partial charge < -0.3 is 10.1 Å². The monoisotopic (exact) mass is 303 g/mol. The lowest BCUT2D eigenvalue weighted by Gasteiger charge is -2.03. The maximum absolute atomic E-state index is 11.7. The maximum atomic E-state index is 11.7. The molecule has 22 heavy (non-hydrogen) atoms. The molecule has 0 atom stereocenters. The molecule has 0 saturated heterocycles. The second-order valence-electron chi connectivity index (χ2n) is 5.52. The summed E-state index contributed by atoms with van der Waals surface area (Å²) in [6.07, 6.45) is 12.2. The van der Waals surface area contributed by atoms with Gasteiger partial charge in [-0.2, -0.15) is 0 Å². The molecule has 0 aromatic heterocycles. The average Bonchev–Trinajstić information content (AvgIpc) is 2.56. The Labute approximate surface area is 134 Å². The summed E-state index contributed by atoms with van der Waals surface area (Å²) >= 11 is 0. The van der Waals surface area contributed by atoms with Crippen LogP contribution in [-0.2, 0) is 4.79 Å². The lowest BCUT2D eigenvalue weighted by atomic mass is 10.1. The largest absolute Gasteiger partial charge is 0.497 e. The van der Waals surface area contributed by atoms with E-state index in [1.807, 2.05) is 30.3 Å². The summed E-state index contributed by atoms with van der Waals surface area (Å²) in [4.78, 5) is 11.7. The van der Waals surface area contributed by atoms with Crippen LogP contribution in [0.15, 0.2) is 30.3 Å². The SMILES string of the molecule is CCCCCCCCCNC(=O)/C=C/c1ccc(OC)cc1. The van der Waals surface area contributed by atoms with Gasteiger partial charge in [0.25, 0.3) is 0 Å². The van der Waals surface area contributed by atoms with E-state index in [0.29, 0.717) is 0 Å². The third-order valence-electron chi connectivity index (χ3n) is 3.62. The second-order valence-corrected chi connectivity index (χ2v) is 5.52. The predicted molar refractivity (Wildman–Crippen MR) is 93.0 cm³/mol. The minimum atomic E-state index is -0.0261. The molecule has 1 rings (SSSR count). The van der Waals surface area contributed by atoms with Crippen molar-refractivity contribution in [3.05, 3.63) is 35.9 Å². The molecule has 1 aromatic carbocycles. The van der Waals surface area contributed by atoms with Crippen LogP contribution in [0.5, 0.6) is 5.75 Å². The van der Waals surface area contributed by atoms with Crippen molar-refractivity contribution in [2.24, 2.45) is 0 Å². The summed E-state index contributed by atoms with van der Waals surface area (Å²) in [5.41, 5.74) is 0.992. The summed E-state index contributed by atoms with van der Waals surface area (Å²) in [5, 5.41) is 2.93. The molecule has 0 aliphatic heterocycles. The molecule has 0 unspecified atom stereocenters. The highest BCUT2D eigenvalue weighted by atomic mass is 16.5. The van der Waals surface area contributed by atoms with Crippen LogP contribution in [0.25, 0.3) is 6.08 Å². The van der Waals surface area contributed by atoms with Crippen LogP contribution in [-0.4, -0.2) is 19.6 Å². The second kappa shape index (κ2) is 11.8. The molecule has 3 nitrogen and oxygen atoms in total. The van der Waals surface area contributed by atoms with Gasteiger partial charge in [0.15, 0.2) is 0 Å². The van der Waals surface area contributed by atoms with Crippen molar-refractivity contribution in [3.8, 4) is 5.75 Å². The Bertz CT molecular complexity index is 437. The summed E-state index contributed by atoms with van der Waals surface area (Å²) in [5.74, 6) is 0.794. The van der Waals surface area contributed by atoms with Gasteiger partial charge in [-0.1, -0.05) is 57.6 Å². The van der Waals surface area contributed by atoms with Crippen LogP contribution in [0.2, 0.25) is 0 Å². The van der Waals surface area contributed by atoms with E-state index in [0.717, 1.165) is 24.3 Å². The van der Waals surface area contributed by atoms with E-state index >= 15 is 0 Å². The van der Waals surface area contributed by atoms with E-state index in [2.05, 4.69) is 12.2 Å². The quantitative estimate of drug-likeness (QED) is 0.480. The zero-order valence-corrected chi connectivity index (χ0v) is 13.9. The van der Waals surface area contributed by atoms with Gasteiger partial charge in [0.1, 0.15) is 5.75 Å². The first-order valence-corrected chi connectivity index (χ1v) is 8.36. The van der Waals surface area contributed by atoms with Crippen LogP contribution in [0.1, 0.15) is 57.4 Å². The van der Waals surface area contributed by atoms with Gasteiger partial charge in [0.2, 0.25) is 5.91 Å². The number of carbonyl (C=O) groups is 1. The third kappa shape index (κ3) is 8.50. The molecule has 0 aliphatic carbocycles. The average molecular weight is 303 g/mol. The first-order chi connectivity index (χ1) is 10.8. The number of nitrogens with one attached hydrogen (secondary N) is 1. The van der Waals surface area contributed by atoms with Crippen LogP contribution < -0.4 is 10.1 Å². The fraction of sp³-hybridized carbons (Fsp3) is 0.526. The first kappa shape index (κ1) is 18.3. The molecule has 0 saturated carbocycles. The highest BCUT2D eigenvalue weighted by molar-refractivity contribution is 5.91. The Morgan fingerprint density at radius 2 is 1.68 bits per heavy atom. The molecule has 0 spiro atoms. The molecular weight excluding hydrogens is 274 g/mol. The lowest BCUT2D eigenvalue weighted by molar-refractivity contribution is -0.116. The van der Waals surface area contributed by atoms with Gasteiger partial charge in [-0.25, -0.2) is 0 Å². The van der Waals surface area contributed by atoms with E-state index in [4.69, 9.17) is 4.74 Å². The summed E-state index contributed by atoms with van der Waals surface area (Å²) in [7, 11) is 1.64. The van der Waals surface area contributed by atoms with Crippen molar-refractivity contribution >= 4 is 12.0 Å². The fourth-order valence-corrected chi connectivity index (χ4v) is 2.24. The molecular formula is C19H29NO2. The minimum absolute atomic E-state index is 0.0261. The Kier molecular flexibility index (Phi) is 9.84. The van der Waals surface area contributed by atoms with Crippen LogP contribution in [0.4, 0.5) is 0 Å². The molecule has 3 heteroatoms. The highest BCUT2D eigenvalue weighted by Gasteiger charge is 1.96. The standard InChI is InChI=1S/C19H29NO2/c1-3-4-5-6-7-8-9-16-20-19(21)15-12-17-10-13-18(22-2)14-11-17/h10-15H,3-9,16H2,1-2H3,(H,20,21)/b15-12+. The van der Waals surface area contributed by atoms with Crippen molar-refractivity contribution < 1.29 is 9.53 Å². The van der Waals surface area contributed by atoms with E-state index in [1.54, 1.807) is 13.2 Å². The van der Waals surface area contributed by atoms with Gasteiger partial charge in [0.05, 0.1) is 7.11 Å². The van der Waals surface area contributed by atoms with E-state index in [9.17, 15) is 4.79 Å². The molecule has 0 heterocycles. The number of benzene rings is 1.